The second kappa shape index (κ2) is 5.98. The van der Waals surface area contributed by atoms with Crippen LogP contribution in [0, 0.1) is 13.8 Å². The topological polar surface area (TPSA) is 26.3 Å². The fourth-order valence-corrected chi connectivity index (χ4v) is 2.69. The van der Waals surface area contributed by atoms with Crippen molar-refractivity contribution in [3.63, 3.8) is 0 Å². The van der Waals surface area contributed by atoms with Gasteiger partial charge in [-0.2, -0.15) is 0 Å². The molecule has 0 saturated heterocycles. The number of aryl methyl sites for hydroxylation is 2. The third kappa shape index (κ3) is 3.22. The van der Waals surface area contributed by atoms with Crippen LogP contribution in [0.4, 0.5) is 0 Å². The Morgan fingerprint density at radius 1 is 1.10 bits per heavy atom. The maximum atomic E-state index is 11.4. The lowest BCUT2D eigenvalue weighted by molar-refractivity contribution is 0.101. The number of rotatable bonds is 3. The largest absolute Gasteiger partial charge is 0.457 e. The van der Waals surface area contributed by atoms with E-state index in [1.54, 1.807) is 18.2 Å². The van der Waals surface area contributed by atoms with Crippen LogP contribution in [0.25, 0.3) is 0 Å². The van der Waals surface area contributed by atoms with Crippen molar-refractivity contribution in [2.75, 3.05) is 0 Å². The molecule has 0 unspecified atom stereocenters. The zero-order valence-electron chi connectivity index (χ0n) is 11.5. The highest BCUT2D eigenvalue weighted by Crippen LogP contribution is 2.31. The van der Waals surface area contributed by atoms with Gasteiger partial charge in [-0.05, 0) is 78.2 Å². The summed E-state index contributed by atoms with van der Waals surface area (Å²) in [5, 5.41) is 0.755. The molecule has 2 aromatic carbocycles. The third-order valence-electron chi connectivity index (χ3n) is 2.97. The predicted octanol–water partition coefficient (Wildman–Crippen LogP) is 5.71. The van der Waals surface area contributed by atoms with E-state index in [1.807, 2.05) is 26.0 Å². The quantitative estimate of drug-likeness (QED) is 0.660. The minimum Gasteiger partial charge on any atom is -0.457 e. The Hall–Kier alpha value is -1.32. The second-order valence-electron chi connectivity index (χ2n) is 4.67. The van der Waals surface area contributed by atoms with Crippen molar-refractivity contribution in [1.82, 2.24) is 0 Å². The van der Waals surface area contributed by atoms with E-state index in [1.165, 1.54) is 6.92 Å². The highest BCUT2D eigenvalue weighted by atomic mass is 79.9. The first-order chi connectivity index (χ1) is 9.38. The summed E-state index contributed by atoms with van der Waals surface area (Å²) < 4.78 is 6.54. The van der Waals surface area contributed by atoms with Crippen LogP contribution in [0.2, 0.25) is 5.02 Å². The molecule has 0 spiro atoms. The van der Waals surface area contributed by atoms with Gasteiger partial charge in [0.15, 0.2) is 5.78 Å². The molecule has 0 amide bonds. The smallest absolute Gasteiger partial charge is 0.160 e. The van der Waals surface area contributed by atoms with Crippen LogP contribution < -0.4 is 4.74 Å². The third-order valence-corrected chi connectivity index (χ3v) is 4.22. The maximum absolute atomic E-state index is 11.4. The van der Waals surface area contributed by atoms with Crippen molar-refractivity contribution in [2.45, 2.75) is 20.8 Å². The van der Waals surface area contributed by atoms with Gasteiger partial charge >= 0.3 is 0 Å². The zero-order valence-corrected chi connectivity index (χ0v) is 13.8. The molecule has 0 aliphatic heterocycles. The van der Waals surface area contributed by atoms with E-state index in [0.717, 1.165) is 26.4 Å². The number of ether oxygens (including phenoxy) is 1. The molecule has 0 aliphatic rings. The van der Waals surface area contributed by atoms with Gasteiger partial charge in [-0.1, -0.05) is 11.6 Å². The molecule has 0 heterocycles. The van der Waals surface area contributed by atoms with Crippen LogP contribution in [0.3, 0.4) is 0 Å². The number of ketones is 1. The predicted molar refractivity (Wildman–Crippen MR) is 85.1 cm³/mol. The van der Waals surface area contributed by atoms with E-state index in [0.29, 0.717) is 11.3 Å². The first-order valence-electron chi connectivity index (χ1n) is 6.13. The Labute approximate surface area is 131 Å². The molecule has 4 heteroatoms. The van der Waals surface area contributed by atoms with Crippen LogP contribution in [-0.2, 0) is 0 Å². The number of carbonyl (C=O) groups is 1. The SMILES string of the molecule is CC(=O)c1ccc(Oc2cc(C)c(Cl)c(C)c2)cc1Br. The zero-order chi connectivity index (χ0) is 14.9. The summed E-state index contributed by atoms with van der Waals surface area (Å²) in [7, 11) is 0. The number of hydrogen-bond acceptors (Lipinski definition) is 2. The molecule has 0 aromatic heterocycles. The van der Waals surface area contributed by atoms with Crippen molar-refractivity contribution in [3.05, 3.63) is 56.5 Å². The lowest BCUT2D eigenvalue weighted by Crippen LogP contribution is -1.94. The molecule has 0 bridgehead atoms. The number of benzene rings is 2. The van der Waals surface area contributed by atoms with E-state index in [9.17, 15) is 4.79 Å². The molecule has 20 heavy (non-hydrogen) atoms. The summed E-state index contributed by atoms with van der Waals surface area (Å²) in [5.74, 6) is 1.41. The van der Waals surface area contributed by atoms with E-state index < -0.39 is 0 Å². The van der Waals surface area contributed by atoms with Crippen LogP contribution in [0.15, 0.2) is 34.8 Å². The van der Waals surface area contributed by atoms with Crippen molar-refractivity contribution >= 4 is 33.3 Å². The summed E-state index contributed by atoms with van der Waals surface area (Å²) >= 11 is 9.51. The van der Waals surface area contributed by atoms with E-state index in [-0.39, 0.29) is 5.78 Å². The van der Waals surface area contributed by atoms with E-state index in [4.69, 9.17) is 16.3 Å². The van der Waals surface area contributed by atoms with Crippen LogP contribution in [0.5, 0.6) is 11.5 Å². The molecule has 2 aromatic rings. The Bertz CT molecular complexity index is 657. The Balaban J connectivity index is 2.31. The van der Waals surface area contributed by atoms with Crippen molar-refractivity contribution < 1.29 is 9.53 Å². The van der Waals surface area contributed by atoms with Gasteiger partial charge in [0.2, 0.25) is 0 Å². The molecule has 0 radical (unpaired) electrons. The Kier molecular flexibility index (Phi) is 4.51. The van der Waals surface area contributed by atoms with Gasteiger partial charge in [-0.3, -0.25) is 4.79 Å². The molecule has 0 aliphatic carbocycles. The fourth-order valence-electron chi connectivity index (χ4n) is 1.95. The van der Waals surface area contributed by atoms with E-state index in [2.05, 4.69) is 15.9 Å². The number of carbonyl (C=O) groups excluding carboxylic acids is 1. The number of hydrogen-bond donors (Lipinski definition) is 0. The van der Waals surface area contributed by atoms with Crippen LogP contribution >= 0.6 is 27.5 Å². The van der Waals surface area contributed by atoms with Gasteiger partial charge < -0.3 is 4.74 Å². The normalized spacial score (nSPS) is 10.4. The highest BCUT2D eigenvalue weighted by Gasteiger charge is 2.08. The van der Waals surface area contributed by atoms with Gasteiger partial charge in [0.05, 0.1) is 0 Å². The number of halogens is 2. The Morgan fingerprint density at radius 3 is 2.20 bits per heavy atom. The summed E-state index contributed by atoms with van der Waals surface area (Å²) in [5.41, 5.74) is 2.59. The summed E-state index contributed by atoms with van der Waals surface area (Å²) in [6.07, 6.45) is 0. The van der Waals surface area contributed by atoms with Gasteiger partial charge in [-0.25, -0.2) is 0 Å². The Morgan fingerprint density at radius 2 is 1.70 bits per heavy atom. The standard InChI is InChI=1S/C16H14BrClO2/c1-9-6-13(7-10(2)16(9)18)20-12-4-5-14(11(3)19)15(17)8-12/h4-8H,1-3H3. The lowest BCUT2D eigenvalue weighted by Gasteiger charge is -2.10. The molecule has 0 saturated carbocycles. The number of Topliss-reactive ketones (excluding diaryl/α,β-unsaturated/α-hetero) is 1. The molecular weight excluding hydrogens is 340 g/mol. The lowest BCUT2D eigenvalue weighted by atomic mass is 10.1. The van der Waals surface area contributed by atoms with Crippen molar-refractivity contribution in [2.24, 2.45) is 0 Å². The summed E-state index contributed by atoms with van der Waals surface area (Å²) in [6, 6.07) is 9.10. The first kappa shape index (κ1) is 15.1. The van der Waals surface area contributed by atoms with Gasteiger partial charge in [0, 0.05) is 15.1 Å². The average molecular weight is 354 g/mol. The average Bonchev–Trinajstić information content (AvgIpc) is 2.35. The summed E-state index contributed by atoms with van der Waals surface area (Å²) in [6.45, 7) is 5.42. The first-order valence-corrected chi connectivity index (χ1v) is 7.30. The van der Waals surface area contributed by atoms with Gasteiger partial charge in [0.25, 0.3) is 0 Å². The minimum atomic E-state index is 0.0154. The van der Waals surface area contributed by atoms with Crippen LogP contribution in [-0.4, -0.2) is 5.78 Å². The molecule has 104 valence electrons. The summed E-state index contributed by atoms with van der Waals surface area (Å²) in [4.78, 5) is 11.4. The van der Waals surface area contributed by atoms with Crippen LogP contribution in [0.1, 0.15) is 28.4 Å². The molecular formula is C16H14BrClO2. The molecule has 0 atom stereocenters. The van der Waals surface area contributed by atoms with Crippen molar-refractivity contribution in [3.8, 4) is 11.5 Å². The second-order valence-corrected chi connectivity index (χ2v) is 5.90. The van der Waals surface area contributed by atoms with Gasteiger partial charge in [-0.15, -0.1) is 0 Å². The van der Waals surface area contributed by atoms with Gasteiger partial charge in [0.1, 0.15) is 11.5 Å². The molecule has 0 fully saturated rings. The van der Waals surface area contributed by atoms with E-state index >= 15 is 0 Å². The molecule has 2 nitrogen and oxygen atoms in total. The monoisotopic (exact) mass is 352 g/mol. The highest BCUT2D eigenvalue weighted by molar-refractivity contribution is 9.10. The fraction of sp³-hybridized carbons (Fsp3) is 0.188. The molecule has 2 rings (SSSR count). The minimum absolute atomic E-state index is 0.0154. The molecule has 0 N–H and O–H groups in total. The van der Waals surface area contributed by atoms with Crippen molar-refractivity contribution in [1.29, 1.82) is 0 Å². The maximum Gasteiger partial charge on any atom is 0.160 e.